The van der Waals surface area contributed by atoms with Crippen molar-refractivity contribution in [3.05, 3.63) is 23.1 Å². The first-order valence-corrected chi connectivity index (χ1v) is 6.66. The number of hydrogen-bond donors (Lipinski definition) is 1. The Morgan fingerprint density at radius 1 is 1.16 bits per heavy atom. The summed E-state index contributed by atoms with van der Waals surface area (Å²) in [7, 11) is 0. The molecule has 1 saturated carbocycles. The Hall–Kier alpha value is -1.85. The van der Waals surface area contributed by atoms with Gasteiger partial charge in [-0.15, -0.1) is 0 Å². The Kier molecular flexibility index (Phi) is 2.45. The standard InChI is InChI=1S/C13H20N6/c1-8-9(2)16-19(15-8)13(3,4)11-7-12(14)18(17-11)10-5-6-10/h7,10H,5-6,14H2,1-4H3. The largest absolute Gasteiger partial charge is 0.384 e. The zero-order chi connectivity index (χ0) is 13.8. The molecule has 19 heavy (non-hydrogen) atoms. The van der Waals surface area contributed by atoms with Gasteiger partial charge >= 0.3 is 0 Å². The van der Waals surface area contributed by atoms with Gasteiger partial charge in [0.2, 0.25) is 0 Å². The van der Waals surface area contributed by atoms with Crippen LogP contribution in [0.5, 0.6) is 0 Å². The van der Waals surface area contributed by atoms with Crippen LogP contribution in [0.3, 0.4) is 0 Å². The maximum absolute atomic E-state index is 6.04. The minimum absolute atomic E-state index is 0.396. The molecule has 1 fully saturated rings. The predicted molar refractivity (Wildman–Crippen MR) is 72.8 cm³/mol. The first kappa shape index (κ1) is 12.2. The summed E-state index contributed by atoms with van der Waals surface area (Å²) >= 11 is 0. The third kappa shape index (κ3) is 1.91. The first-order valence-electron chi connectivity index (χ1n) is 6.66. The van der Waals surface area contributed by atoms with Gasteiger partial charge in [-0.1, -0.05) is 0 Å². The number of hydrogen-bond acceptors (Lipinski definition) is 4. The van der Waals surface area contributed by atoms with Gasteiger partial charge in [0, 0.05) is 6.07 Å². The third-order valence-electron chi connectivity index (χ3n) is 3.80. The number of nitrogen functional groups attached to an aromatic ring is 1. The van der Waals surface area contributed by atoms with Crippen LogP contribution in [0.1, 0.15) is 49.8 Å². The molecule has 0 amide bonds. The Balaban J connectivity index is 2.01. The second kappa shape index (κ2) is 3.82. The molecule has 0 spiro atoms. The summed E-state index contributed by atoms with van der Waals surface area (Å²) in [6, 6.07) is 2.42. The van der Waals surface area contributed by atoms with Crippen LogP contribution in [0.2, 0.25) is 0 Å². The average Bonchev–Trinajstić information content (AvgIpc) is 3.02. The first-order chi connectivity index (χ1) is 8.89. The number of aromatic nitrogens is 5. The van der Waals surface area contributed by atoms with E-state index in [2.05, 4.69) is 29.1 Å². The highest BCUT2D eigenvalue weighted by molar-refractivity contribution is 5.35. The second-order valence-corrected chi connectivity index (χ2v) is 5.85. The van der Waals surface area contributed by atoms with Gasteiger partial charge in [0.05, 0.1) is 23.1 Å². The van der Waals surface area contributed by atoms with Crippen LogP contribution in [0.15, 0.2) is 6.07 Å². The smallest absolute Gasteiger partial charge is 0.122 e. The van der Waals surface area contributed by atoms with Crippen LogP contribution in [0, 0.1) is 13.8 Å². The van der Waals surface area contributed by atoms with Crippen LogP contribution in [-0.4, -0.2) is 24.8 Å². The minimum Gasteiger partial charge on any atom is -0.384 e. The molecule has 0 saturated heterocycles. The predicted octanol–water partition coefficient (Wildman–Crippen LogP) is 1.79. The lowest BCUT2D eigenvalue weighted by molar-refractivity contribution is 0.329. The van der Waals surface area contributed by atoms with Crippen LogP contribution < -0.4 is 5.73 Å². The molecular formula is C13H20N6. The molecule has 2 N–H and O–H groups in total. The van der Waals surface area contributed by atoms with Crippen molar-refractivity contribution in [1.82, 2.24) is 24.8 Å². The average molecular weight is 260 g/mol. The van der Waals surface area contributed by atoms with Crippen LogP contribution in [0.25, 0.3) is 0 Å². The SMILES string of the molecule is Cc1nn(C(C)(C)c2cc(N)n(C3CC3)n2)nc1C. The fourth-order valence-electron chi connectivity index (χ4n) is 2.12. The molecule has 0 bridgehead atoms. The van der Waals surface area contributed by atoms with E-state index in [0.717, 1.165) is 22.9 Å². The lowest BCUT2D eigenvalue weighted by Crippen LogP contribution is -2.31. The molecule has 6 nitrogen and oxygen atoms in total. The van der Waals surface area contributed by atoms with E-state index in [4.69, 9.17) is 5.73 Å². The normalized spacial score (nSPS) is 16.0. The lowest BCUT2D eigenvalue weighted by Gasteiger charge is -2.21. The molecule has 1 aliphatic carbocycles. The zero-order valence-corrected chi connectivity index (χ0v) is 11.9. The molecule has 2 aromatic heterocycles. The van der Waals surface area contributed by atoms with Gasteiger partial charge in [0.15, 0.2) is 0 Å². The summed E-state index contributed by atoms with van der Waals surface area (Å²) in [5.74, 6) is 0.728. The highest BCUT2D eigenvalue weighted by Crippen LogP contribution is 2.37. The van der Waals surface area contributed by atoms with Crippen molar-refractivity contribution in [2.24, 2.45) is 0 Å². The maximum atomic E-state index is 6.04. The molecule has 3 rings (SSSR count). The van der Waals surface area contributed by atoms with E-state index >= 15 is 0 Å². The van der Waals surface area contributed by atoms with Crippen molar-refractivity contribution in [2.75, 3.05) is 5.73 Å². The molecule has 0 aliphatic heterocycles. The van der Waals surface area contributed by atoms with Crippen LogP contribution in [0.4, 0.5) is 5.82 Å². The van der Waals surface area contributed by atoms with Crippen molar-refractivity contribution in [3.63, 3.8) is 0 Å². The molecule has 0 radical (unpaired) electrons. The Morgan fingerprint density at radius 2 is 1.74 bits per heavy atom. The molecule has 102 valence electrons. The molecule has 0 atom stereocenters. The van der Waals surface area contributed by atoms with Gasteiger partial charge in [-0.25, -0.2) is 4.68 Å². The van der Waals surface area contributed by atoms with E-state index in [-0.39, 0.29) is 0 Å². The topological polar surface area (TPSA) is 74.6 Å². The summed E-state index contributed by atoms with van der Waals surface area (Å²) < 4.78 is 1.93. The molecule has 2 heterocycles. The van der Waals surface area contributed by atoms with Gasteiger partial charge in [-0.2, -0.15) is 20.1 Å². The summed E-state index contributed by atoms with van der Waals surface area (Å²) in [4.78, 5) is 1.73. The minimum atomic E-state index is -0.396. The summed E-state index contributed by atoms with van der Waals surface area (Å²) in [5.41, 5.74) is 8.45. The van der Waals surface area contributed by atoms with Gasteiger partial charge in [0.1, 0.15) is 11.4 Å². The van der Waals surface area contributed by atoms with Gasteiger partial charge in [-0.05, 0) is 40.5 Å². The Morgan fingerprint density at radius 3 is 2.26 bits per heavy atom. The summed E-state index contributed by atoms with van der Waals surface area (Å²) in [5, 5.41) is 13.6. The van der Waals surface area contributed by atoms with Crippen molar-refractivity contribution >= 4 is 5.82 Å². The number of rotatable bonds is 3. The number of anilines is 1. The van der Waals surface area contributed by atoms with E-state index in [1.165, 1.54) is 12.8 Å². The number of nitrogens with two attached hydrogens (primary N) is 1. The van der Waals surface area contributed by atoms with Crippen molar-refractivity contribution in [2.45, 2.75) is 52.1 Å². The van der Waals surface area contributed by atoms with Crippen molar-refractivity contribution in [1.29, 1.82) is 0 Å². The van der Waals surface area contributed by atoms with Crippen molar-refractivity contribution in [3.8, 4) is 0 Å². The zero-order valence-electron chi connectivity index (χ0n) is 11.9. The van der Waals surface area contributed by atoms with E-state index < -0.39 is 5.54 Å². The maximum Gasteiger partial charge on any atom is 0.122 e. The Labute approximate surface area is 112 Å². The highest BCUT2D eigenvalue weighted by Gasteiger charge is 2.33. The van der Waals surface area contributed by atoms with Gasteiger partial charge in [0.25, 0.3) is 0 Å². The van der Waals surface area contributed by atoms with Gasteiger partial charge < -0.3 is 5.73 Å². The summed E-state index contributed by atoms with van der Waals surface area (Å²) in [6.45, 7) is 8.05. The van der Waals surface area contributed by atoms with E-state index in [9.17, 15) is 0 Å². The van der Waals surface area contributed by atoms with E-state index in [1.807, 2.05) is 24.6 Å². The molecular weight excluding hydrogens is 240 g/mol. The summed E-state index contributed by atoms with van der Waals surface area (Å²) in [6.07, 6.45) is 2.34. The molecule has 1 aliphatic rings. The van der Waals surface area contributed by atoms with E-state index in [0.29, 0.717) is 6.04 Å². The second-order valence-electron chi connectivity index (χ2n) is 5.85. The third-order valence-corrected chi connectivity index (χ3v) is 3.80. The fraction of sp³-hybridized carbons (Fsp3) is 0.615. The number of nitrogens with zero attached hydrogens (tertiary/aromatic N) is 5. The Bertz CT molecular complexity index is 598. The van der Waals surface area contributed by atoms with Crippen LogP contribution in [-0.2, 0) is 5.54 Å². The highest BCUT2D eigenvalue weighted by atomic mass is 15.5. The van der Waals surface area contributed by atoms with Gasteiger partial charge in [-0.3, -0.25) is 0 Å². The molecule has 6 heteroatoms. The molecule has 0 unspecified atom stereocenters. The molecule has 0 aromatic carbocycles. The molecule has 2 aromatic rings. The van der Waals surface area contributed by atoms with Crippen molar-refractivity contribution < 1.29 is 0 Å². The lowest BCUT2D eigenvalue weighted by atomic mass is 10.0. The van der Waals surface area contributed by atoms with Crippen LogP contribution >= 0.6 is 0 Å². The quantitative estimate of drug-likeness (QED) is 0.913. The van der Waals surface area contributed by atoms with E-state index in [1.54, 1.807) is 4.80 Å². The fourth-order valence-corrected chi connectivity index (χ4v) is 2.12. The monoisotopic (exact) mass is 260 g/mol. The number of aryl methyl sites for hydroxylation is 2.